The number of carbonyl (C=O) groups excluding carboxylic acids is 2. The Labute approximate surface area is 191 Å². The summed E-state index contributed by atoms with van der Waals surface area (Å²) >= 11 is 5.67. The lowest BCUT2D eigenvalue weighted by molar-refractivity contribution is -0.142. The number of hydrogen-bond donors (Lipinski definition) is 0. The molecule has 9 heteroatoms. The third-order valence-corrected chi connectivity index (χ3v) is 4.46. The monoisotopic (exact) mass is 470 g/mol. The van der Waals surface area contributed by atoms with Gasteiger partial charge in [-0.2, -0.15) is 0 Å². The van der Waals surface area contributed by atoms with Crippen LogP contribution < -0.4 is 0 Å². The number of carbonyl (C=O) groups is 2. The third-order valence-electron chi connectivity index (χ3n) is 4.21. The number of piperazine rings is 1. The molecule has 1 aromatic rings. The maximum atomic E-state index is 10.6. The number of nitrogens with zero attached hydrogens (tertiary/aromatic N) is 2. The summed E-state index contributed by atoms with van der Waals surface area (Å²) in [6.45, 7) is 11.3. The van der Waals surface area contributed by atoms with E-state index < -0.39 is 0 Å². The van der Waals surface area contributed by atoms with E-state index in [2.05, 4.69) is 16.7 Å². The molecule has 0 atom stereocenters. The van der Waals surface area contributed by atoms with Gasteiger partial charge in [-0.3, -0.25) is 19.4 Å². The molecule has 29 heavy (non-hydrogen) atoms. The highest BCUT2D eigenvalue weighted by Gasteiger charge is 2.16. The van der Waals surface area contributed by atoms with Crippen molar-refractivity contribution in [2.24, 2.45) is 0 Å². The number of benzene rings is 1. The molecule has 1 aromatic carbocycles. The summed E-state index contributed by atoms with van der Waals surface area (Å²) in [6, 6.07) is 7.92. The van der Waals surface area contributed by atoms with Crippen molar-refractivity contribution in [1.29, 1.82) is 0 Å². The van der Waals surface area contributed by atoms with Gasteiger partial charge in [0.15, 0.2) is 0 Å². The quantitative estimate of drug-likeness (QED) is 0.568. The number of esters is 2. The second-order valence-electron chi connectivity index (χ2n) is 6.34. The van der Waals surface area contributed by atoms with E-state index in [9.17, 15) is 9.59 Å². The molecule has 1 heterocycles. The fourth-order valence-electron chi connectivity index (χ4n) is 2.59. The Kier molecular flexibility index (Phi) is 18.5. The molecule has 1 saturated heterocycles. The fraction of sp³-hybridized carbons (Fsp3) is 0.600. The van der Waals surface area contributed by atoms with Gasteiger partial charge in [-0.05, 0) is 24.1 Å². The van der Waals surface area contributed by atoms with Crippen LogP contribution in [0.5, 0.6) is 0 Å². The number of rotatable bonds is 7. The second kappa shape index (κ2) is 17.8. The minimum absolute atomic E-state index is 0. The lowest BCUT2D eigenvalue weighted by Crippen LogP contribution is -2.48. The van der Waals surface area contributed by atoms with Gasteiger partial charge in [0.25, 0.3) is 0 Å². The minimum Gasteiger partial charge on any atom is -0.465 e. The Morgan fingerprint density at radius 1 is 0.862 bits per heavy atom. The lowest BCUT2D eigenvalue weighted by atomic mass is 10.2. The maximum absolute atomic E-state index is 10.6. The Bertz CT molecular complexity index is 537. The van der Waals surface area contributed by atoms with Crippen molar-refractivity contribution in [3.8, 4) is 0 Å². The lowest BCUT2D eigenvalue weighted by Gasteiger charge is -2.34. The van der Waals surface area contributed by atoms with E-state index in [0.717, 1.165) is 50.7 Å². The van der Waals surface area contributed by atoms with Gasteiger partial charge in [-0.15, -0.1) is 24.8 Å². The molecular formula is C20H33Cl3N2O4. The van der Waals surface area contributed by atoms with Gasteiger partial charge in [0.2, 0.25) is 0 Å². The molecule has 0 N–H and O–H groups in total. The van der Waals surface area contributed by atoms with E-state index in [-0.39, 0.29) is 36.8 Å². The summed E-state index contributed by atoms with van der Waals surface area (Å²) in [4.78, 5) is 25.8. The van der Waals surface area contributed by atoms with Crippen LogP contribution in [0.1, 0.15) is 26.3 Å². The van der Waals surface area contributed by atoms with Gasteiger partial charge in [0, 0.05) is 58.1 Å². The number of hydrogen-bond acceptors (Lipinski definition) is 6. The Morgan fingerprint density at radius 2 is 1.24 bits per heavy atom. The molecule has 0 radical (unpaired) electrons. The van der Waals surface area contributed by atoms with Crippen LogP contribution >= 0.6 is 36.4 Å². The highest BCUT2D eigenvalue weighted by molar-refractivity contribution is 6.30. The van der Waals surface area contributed by atoms with E-state index >= 15 is 0 Å². The molecule has 0 unspecified atom stereocenters. The standard InChI is InChI=1S/C12H22N2O4.C8H9Cl.2ClH/c1-11(15)17-9-7-13-3-5-14(6-4-13)8-10-18-12(2)16;1-2-7-3-5-8(9)6-4-7;;/h3-10H2,1-2H3;3-6H,2H2,1H3;2*1H. The summed E-state index contributed by atoms with van der Waals surface area (Å²) in [5.74, 6) is -0.454. The molecule has 6 nitrogen and oxygen atoms in total. The molecule has 1 aliphatic rings. The Hall–Kier alpha value is -1.05. The van der Waals surface area contributed by atoms with Crippen molar-refractivity contribution in [2.75, 3.05) is 52.5 Å². The Morgan fingerprint density at radius 3 is 1.55 bits per heavy atom. The predicted octanol–water partition coefficient (Wildman–Crippen LogP) is 3.48. The van der Waals surface area contributed by atoms with Crippen molar-refractivity contribution in [2.45, 2.75) is 27.2 Å². The van der Waals surface area contributed by atoms with Crippen LogP contribution in [0, 0.1) is 0 Å². The van der Waals surface area contributed by atoms with Crippen molar-refractivity contribution in [3.63, 3.8) is 0 Å². The SMILES string of the molecule is CC(=O)OCCN1CCN(CCOC(C)=O)CC1.CCc1ccc(Cl)cc1.Cl.Cl. The molecule has 2 rings (SSSR count). The first-order valence-corrected chi connectivity index (χ1v) is 9.74. The second-order valence-corrected chi connectivity index (χ2v) is 6.78. The first kappa shape index (κ1) is 30.1. The zero-order valence-electron chi connectivity index (χ0n) is 17.4. The number of aryl methyl sites for hydroxylation is 1. The fourth-order valence-corrected chi connectivity index (χ4v) is 2.72. The van der Waals surface area contributed by atoms with Crippen molar-refractivity contribution in [3.05, 3.63) is 34.9 Å². The van der Waals surface area contributed by atoms with E-state index in [1.165, 1.54) is 19.4 Å². The van der Waals surface area contributed by atoms with Crippen LogP contribution in [0.2, 0.25) is 5.02 Å². The molecule has 1 aliphatic heterocycles. The summed E-state index contributed by atoms with van der Waals surface area (Å²) < 4.78 is 9.82. The van der Waals surface area contributed by atoms with Crippen LogP contribution in [0.25, 0.3) is 0 Å². The third kappa shape index (κ3) is 15.5. The molecule has 1 fully saturated rings. The first-order valence-electron chi connectivity index (χ1n) is 9.36. The van der Waals surface area contributed by atoms with Gasteiger partial charge >= 0.3 is 11.9 Å². The zero-order valence-corrected chi connectivity index (χ0v) is 19.8. The summed E-state index contributed by atoms with van der Waals surface area (Å²) in [5, 5.41) is 0.812. The van der Waals surface area contributed by atoms with E-state index in [0.29, 0.717) is 13.2 Å². The molecule has 168 valence electrons. The molecular weight excluding hydrogens is 439 g/mol. The largest absolute Gasteiger partial charge is 0.465 e. The molecule has 0 aromatic heterocycles. The Balaban J connectivity index is 0. The summed E-state index contributed by atoms with van der Waals surface area (Å²) in [6.07, 6.45) is 1.08. The average Bonchev–Trinajstić information content (AvgIpc) is 2.64. The van der Waals surface area contributed by atoms with Gasteiger partial charge in [0.1, 0.15) is 13.2 Å². The summed E-state index contributed by atoms with van der Waals surface area (Å²) in [5.41, 5.74) is 1.33. The number of ether oxygens (including phenoxy) is 2. The highest BCUT2D eigenvalue weighted by atomic mass is 35.5. The average molecular weight is 472 g/mol. The summed E-state index contributed by atoms with van der Waals surface area (Å²) in [7, 11) is 0. The van der Waals surface area contributed by atoms with Gasteiger partial charge < -0.3 is 9.47 Å². The highest BCUT2D eigenvalue weighted by Crippen LogP contribution is 2.09. The van der Waals surface area contributed by atoms with Crippen LogP contribution in [-0.4, -0.2) is 74.2 Å². The van der Waals surface area contributed by atoms with Gasteiger partial charge in [0.05, 0.1) is 0 Å². The molecule has 0 amide bonds. The van der Waals surface area contributed by atoms with E-state index in [1.807, 2.05) is 24.3 Å². The van der Waals surface area contributed by atoms with E-state index in [4.69, 9.17) is 21.1 Å². The normalized spacial score (nSPS) is 13.8. The van der Waals surface area contributed by atoms with Crippen LogP contribution in [0.3, 0.4) is 0 Å². The number of halogens is 3. The molecule has 0 aliphatic carbocycles. The van der Waals surface area contributed by atoms with E-state index in [1.54, 1.807) is 0 Å². The van der Waals surface area contributed by atoms with Crippen molar-refractivity contribution < 1.29 is 19.1 Å². The molecule has 0 saturated carbocycles. The minimum atomic E-state index is -0.227. The topological polar surface area (TPSA) is 59.1 Å². The molecule has 0 spiro atoms. The van der Waals surface area contributed by atoms with Crippen LogP contribution in [0.4, 0.5) is 0 Å². The first-order chi connectivity index (χ1) is 12.9. The van der Waals surface area contributed by atoms with Crippen molar-refractivity contribution >= 4 is 48.4 Å². The van der Waals surface area contributed by atoms with Crippen molar-refractivity contribution in [1.82, 2.24) is 9.80 Å². The zero-order chi connectivity index (χ0) is 20.1. The van der Waals surface area contributed by atoms with Crippen LogP contribution in [-0.2, 0) is 25.5 Å². The maximum Gasteiger partial charge on any atom is 0.302 e. The predicted molar refractivity (Wildman–Crippen MR) is 121 cm³/mol. The smallest absolute Gasteiger partial charge is 0.302 e. The van der Waals surface area contributed by atoms with Gasteiger partial charge in [-0.25, -0.2) is 0 Å². The molecule has 0 bridgehead atoms. The van der Waals surface area contributed by atoms with Gasteiger partial charge in [-0.1, -0.05) is 30.7 Å². The van der Waals surface area contributed by atoms with Crippen LogP contribution in [0.15, 0.2) is 24.3 Å².